The summed E-state index contributed by atoms with van der Waals surface area (Å²) >= 11 is 1.55. The van der Waals surface area contributed by atoms with Crippen molar-refractivity contribution in [2.45, 2.75) is 56.3 Å². The van der Waals surface area contributed by atoms with E-state index in [1.54, 1.807) is 18.0 Å². The van der Waals surface area contributed by atoms with E-state index >= 15 is 0 Å². The fraction of sp³-hybridized carbons (Fsp3) is 0.520. The summed E-state index contributed by atoms with van der Waals surface area (Å²) < 4.78 is 0. The van der Waals surface area contributed by atoms with Crippen LogP contribution in [0.25, 0.3) is 10.9 Å². The number of thioether (sulfide) groups is 1. The van der Waals surface area contributed by atoms with Crippen LogP contribution in [-0.4, -0.2) is 88.2 Å². The number of carboxylic acids is 1. The van der Waals surface area contributed by atoms with Crippen molar-refractivity contribution in [1.82, 2.24) is 20.9 Å². The molecule has 3 amide bonds. The molecule has 0 radical (unpaired) electrons. The summed E-state index contributed by atoms with van der Waals surface area (Å²) in [6.07, 6.45) is 5.48. The third-order valence-electron chi connectivity index (χ3n) is 6.08. The van der Waals surface area contributed by atoms with E-state index in [0.29, 0.717) is 31.6 Å². The van der Waals surface area contributed by atoms with Gasteiger partial charge in [-0.05, 0) is 55.9 Å². The molecule has 0 spiro atoms. The average molecular weight is 551 g/mol. The summed E-state index contributed by atoms with van der Waals surface area (Å²) in [5.74, 6) is -2.60. The number of nitrogens with two attached hydrogens (primary N) is 2. The lowest BCUT2D eigenvalue weighted by molar-refractivity contribution is -0.143. The number of hydrogen-bond donors (Lipinski definition) is 8. The van der Waals surface area contributed by atoms with Crippen LogP contribution >= 0.6 is 11.8 Å². The third kappa shape index (κ3) is 9.31. The van der Waals surface area contributed by atoms with Gasteiger partial charge >= 0.3 is 5.97 Å². The van der Waals surface area contributed by atoms with Crippen molar-refractivity contribution in [1.29, 1.82) is 0 Å². The lowest BCUT2D eigenvalue weighted by Gasteiger charge is -2.25. The molecule has 4 atom stereocenters. The second kappa shape index (κ2) is 16.0. The lowest BCUT2D eigenvalue weighted by Crippen LogP contribution is -2.58. The summed E-state index contributed by atoms with van der Waals surface area (Å²) in [4.78, 5) is 53.6. The summed E-state index contributed by atoms with van der Waals surface area (Å²) in [7, 11) is 0. The molecule has 38 heavy (non-hydrogen) atoms. The minimum Gasteiger partial charge on any atom is -0.480 e. The molecule has 12 nitrogen and oxygen atoms in total. The van der Waals surface area contributed by atoms with Crippen LogP contribution in [0.5, 0.6) is 0 Å². The topological polar surface area (TPSA) is 213 Å². The molecule has 2 aromatic rings. The maximum absolute atomic E-state index is 13.5. The number of benzene rings is 1. The third-order valence-corrected chi connectivity index (χ3v) is 6.72. The highest BCUT2D eigenvalue weighted by atomic mass is 32.2. The van der Waals surface area contributed by atoms with Crippen LogP contribution in [0.15, 0.2) is 30.5 Å². The molecule has 2 rings (SSSR count). The first-order chi connectivity index (χ1) is 18.2. The fourth-order valence-corrected chi connectivity index (χ4v) is 4.37. The molecular weight excluding hydrogens is 512 g/mol. The van der Waals surface area contributed by atoms with Crippen molar-refractivity contribution < 1.29 is 29.4 Å². The maximum atomic E-state index is 13.5. The number of hydrogen-bond acceptors (Lipinski definition) is 8. The van der Waals surface area contributed by atoms with Gasteiger partial charge in [0, 0.05) is 23.5 Å². The molecule has 0 saturated heterocycles. The van der Waals surface area contributed by atoms with Crippen LogP contribution < -0.4 is 27.4 Å². The summed E-state index contributed by atoms with van der Waals surface area (Å²) in [6.45, 7) is -0.429. The summed E-state index contributed by atoms with van der Waals surface area (Å²) in [5, 5.41) is 27.0. The highest BCUT2D eigenvalue weighted by Gasteiger charge is 2.30. The zero-order chi connectivity index (χ0) is 28.1. The van der Waals surface area contributed by atoms with Crippen molar-refractivity contribution in [3.05, 3.63) is 36.0 Å². The Balaban J connectivity index is 2.27. The molecule has 0 saturated carbocycles. The SMILES string of the molecule is CSCCC(N)C(=O)NC(Cc1c[nH]c2ccccc12)C(=O)NC(CCCCN)C(=O)NC(CO)C(=O)O. The second-order valence-corrected chi connectivity index (χ2v) is 9.93. The van der Waals surface area contributed by atoms with Gasteiger partial charge in [-0.1, -0.05) is 18.2 Å². The van der Waals surface area contributed by atoms with Crippen LogP contribution in [0.4, 0.5) is 0 Å². The van der Waals surface area contributed by atoms with Gasteiger partial charge < -0.3 is 42.6 Å². The largest absolute Gasteiger partial charge is 0.480 e. The molecule has 210 valence electrons. The van der Waals surface area contributed by atoms with Crippen molar-refractivity contribution in [3.8, 4) is 0 Å². The Morgan fingerprint density at radius 2 is 1.63 bits per heavy atom. The minimum absolute atomic E-state index is 0.127. The number of H-pyrrole nitrogens is 1. The molecule has 1 heterocycles. The van der Waals surface area contributed by atoms with Crippen LogP contribution in [0.2, 0.25) is 0 Å². The molecule has 0 aliphatic heterocycles. The van der Waals surface area contributed by atoms with Gasteiger partial charge in [0.1, 0.15) is 18.1 Å². The predicted octanol–water partition coefficient (Wildman–Crippen LogP) is -0.549. The van der Waals surface area contributed by atoms with Crippen LogP contribution in [0.3, 0.4) is 0 Å². The van der Waals surface area contributed by atoms with E-state index in [2.05, 4.69) is 20.9 Å². The van der Waals surface area contributed by atoms with Crippen LogP contribution in [-0.2, 0) is 25.6 Å². The quantitative estimate of drug-likeness (QED) is 0.119. The van der Waals surface area contributed by atoms with Gasteiger partial charge in [-0.25, -0.2) is 4.79 Å². The number of nitrogens with one attached hydrogen (secondary N) is 4. The molecule has 0 aliphatic rings. The fourth-order valence-electron chi connectivity index (χ4n) is 3.88. The first-order valence-corrected chi connectivity index (χ1v) is 13.9. The number of aromatic amines is 1. The number of aliphatic hydroxyl groups is 1. The standard InChI is InChI=1S/C25H38N6O6S/c1-38-11-9-17(27)22(33)30-20(12-15-13-28-18-7-3-2-6-16(15)18)24(35)29-19(8-4-5-10-26)23(34)31-21(14-32)25(36)37/h2-3,6-7,13,17,19-21,28,32H,4-5,8-12,14,26-27H2,1H3,(H,29,35)(H,30,33)(H,31,34)(H,36,37). The highest BCUT2D eigenvalue weighted by Crippen LogP contribution is 2.19. The molecule has 4 unspecified atom stereocenters. The van der Waals surface area contributed by atoms with Gasteiger partial charge in [0.2, 0.25) is 17.7 Å². The number of aromatic nitrogens is 1. The zero-order valence-electron chi connectivity index (χ0n) is 21.4. The molecular formula is C25H38N6O6S. The normalized spacial score (nSPS) is 14.3. The first kappa shape index (κ1) is 31.1. The van der Waals surface area contributed by atoms with Gasteiger partial charge in [-0.3, -0.25) is 14.4 Å². The molecule has 0 aliphatic carbocycles. The number of carboxylic acid groups (broad SMARTS) is 1. The average Bonchev–Trinajstić information content (AvgIpc) is 3.31. The van der Waals surface area contributed by atoms with E-state index in [1.165, 1.54) is 0 Å². The van der Waals surface area contributed by atoms with Crippen LogP contribution in [0.1, 0.15) is 31.2 Å². The van der Waals surface area contributed by atoms with E-state index in [0.717, 1.165) is 16.5 Å². The van der Waals surface area contributed by atoms with Crippen molar-refractivity contribution >= 4 is 46.4 Å². The van der Waals surface area contributed by atoms with Gasteiger partial charge in [-0.15, -0.1) is 0 Å². The Labute approximate surface area is 225 Å². The summed E-state index contributed by atoms with van der Waals surface area (Å²) in [6, 6.07) is 3.03. The Morgan fingerprint density at radius 3 is 2.29 bits per heavy atom. The number of carbonyl (C=O) groups is 4. The number of unbranched alkanes of at least 4 members (excludes halogenated alkanes) is 1. The number of carbonyl (C=O) groups excluding carboxylic acids is 3. The number of fused-ring (bicyclic) bond motifs is 1. The Kier molecular flexibility index (Phi) is 13.1. The van der Waals surface area contributed by atoms with Crippen molar-refractivity contribution in [3.63, 3.8) is 0 Å². The van der Waals surface area contributed by atoms with Gasteiger partial charge in [0.25, 0.3) is 0 Å². The predicted molar refractivity (Wildman–Crippen MR) is 146 cm³/mol. The number of aliphatic carboxylic acids is 1. The van der Waals surface area contributed by atoms with Gasteiger partial charge in [-0.2, -0.15) is 11.8 Å². The monoisotopic (exact) mass is 550 g/mol. The first-order valence-electron chi connectivity index (χ1n) is 12.5. The highest BCUT2D eigenvalue weighted by molar-refractivity contribution is 7.98. The van der Waals surface area contributed by atoms with Crippen molar-refractivity contribution in [2.24, 2.45) is 11.5 Å². The number of aliphatic hydroxyl groups excluding tert-OH is 1. The van der Waals surface area contributed by atoms with E-state index < -0.39 is 54.5 Å². The van der Waals surface area contributed by atoms with Gasteiger partial charge in [0.15, 0.2) is 0 Å². The molecule has 0 fully saturated rings. The molecule has 1 aromatic carbocycles. The Morgan fingerprint density at radius 1 is 0.974 bits per heavy atom. The minimum atomic E-state index is -1.52. The number of para-hydroxylation sites is 1. The number of amides is 3. The Hall–Kier alpha value is -3.13. The second-order valence-electron chi connectivity index (χ2n) is 8.94. The smallest absolute Gasteiger partial charge is 0.328 e. The van der Waals surface area contributed by atoms with E-state index in [-0.39, 0.29) is 12.8 Å². The molecule has 13 heteroatoms. The number of rotatable bonds is 17. The van der Waals surface area contributed by atoms with Crippen molar-refractivity contribution in [2.75, 3.05) is 25.2 Å². The van der Waals surface area contributed by atoms with E-state index in [1.807, 2.05) is 30.5 Å². The molecule has 10 N–H and O–H groups in total. The Bertz CT molecular complexity index is 1080. The maximum Gasteiger partial charge on any atom is 0.328 e. The lowest BCUT2D eigenvalue weighted by atomic mass is 10.0. The zero-order valence-corrected chi connectivity index (χ0v) is 22.3. The van der Waals surface area contributed by atoms with E-state index in [9.17, 15) is 29.4 Å². The van der Waals surface area contributed by atoms with Crippen LogP contribution in [0, 0.1) is 0 Å². The molecule has 0 bridgehead atoms. The molecule has 1 aromatic heterocycles. The van der Waals surface area contributed by atoms with Gasteiger partial charge in [0.05, 0.1) is 12.6 Å². The summed E-state index contributed by atoms with van der Waals surface area (Å²) in [5.41, 5.74) is 13.2. The van der Waals surface area contributed by atoms with E-state index in [4.69, 9.17) is 11.5 Å².